The Hall–Kier alpha value is -1.12. The largest absolute Gasteiger partial charge is 0.416 e. The van der Waals surface area contributed by atoms with E-state index in [-0.39, 0.29) is 12.4 Å². The van der Waals surface area contributed by atoms with E-state index >= 15 is 0 Å². The minimum absolute atomic E-state index is 0. The fraction of sp³-hybridized carbons (Fsp3) is 0.455. The summed E-state index contributed by atoms with van der Waals surface area (Å²) in [5, 5.41) is 0. The first-order chi connectivity index (χ1) is 14.5. The van der Waals surface area contributed by atoms with Crippen molar-refractivity contribution >= 4 is 47.1 Å². The number of fused-ring (bicyclic) bond motifs is 2. The first-order valence-corrected chi connectivity index (χ1v) is 11.6. The summed E-state index contributed by atoms with van der Waals surface area (Å²) in [5.74, 6) is 0.658. The lowest BCUT2D eigenvalue weighted by Crippen LogP contribution is -2.47. The van der Waals surface area contributed by atoms with Gasteiger partial charge in [-0.1, -0.05) is 23.9 Å². The summed E-state index contributed by atoms with van der Waals surface area (Å²) >= 11 is 7.37. The lowest BCUT2D eigenvalue weighted by Gasteiger charge is -2.36. The topological polar surface area (TPSA) is 9.72 Å². The van der Waals surface area contributed by atoms with Gasteiger partial charge in [0, 0.05) is 54.9 Å². The van der Waals surface area contributed by atoms with Crippen molar-refractivity contribution in [3.8, 4) is 0 Å². The number of benzene rings is 2. The monoisotopic (exact) mass is 491 g/mol. The summed E-state index contributed by atoms with van der Waals surface area (Å²) < 4.78 is 40.0. The van der Waals surface area contributed by atoms with E-state index in [9.17, 15) is 13.2 Å². The van der Waals surface area contributed by atoms with E-state index in [1.54, 1.807) is 6.07 Å². The van der Waals surface area contributed by atoms with Crippen LogP contribution >= 0.6 is 35.8 Å². The molecule has 1 fully saturated rings. The smallest absolute Gasteiger partial charge is 0.340 e. The molecule has 0 N–H and O–H groups in total. The van der Waals surface area contributed by atoms with E-state index < -0.39 is 11.7 Å². The van der Waals surface area contributed by atoms with Crippen LogP contribution in [0.4, 0.5) is 24.5 Å². The van der Waals surface area contributed by atoms with Crippen LogP contribution in [0, 0.1) is 0 Å². The molecule has 0 atom stereocenters. The third-order valence-corrected chi connectivity index (χ3v) is 6.97. The number of piperazine rings is 1. The van der Waals surface area contributed by atoms with Gasteiger partial charge in [0.2, 0.25) is 0 Å². The number of halogens is 5. The van der Waals surface area contributed by atoms with Crippen LogP contribution in [-0.4, -0.2) is 61.5 Å². The molecule has 4 rings (SSSR count). The van der Waals surface area contributed by atoms with Crippen LogP contribution in [0.3, 0.4) is 0 Å². The minimum Gasteiger partial charge on any atom is -0.340 e. The molecule has 2 aliphatic rings. The van der Waals surface area contributed by atoms with E-state index in [1.807, 2.05) is 24.3 Å². The Morgan fingerprint density at radius 2 is 1.48 bits per heavy atom. The second-order valence-electron chi connectivity index (χ2n) is 7.63. The van der Waals surface area contributed by atoms with Crippen molar-refractivity contribution in [3.63, 3.8) is 0 Å². The van der Waals surface area contributed by atoms with Gasteiger partial charge in [0.15, 0.2) is 0 Å². The summed E-state index contributed by atoms with van der Waals surface area (Å²) in [5.41, 5.74) is 1.04. The Morgan fingerprint density at radius 3 is 2.16 bits per heavy atom. The predicted octanol–water partition coefficient (Wildman–Crippen LogP) is 5.98. The summed E-state index contributed by atoms with van der Waals surface area (Å²) in [4.78, 5) is 8.81. The van der Waals surface area contributed by atoms with Gasteiger partial charge in [0.1, 0.15) is 0 Å². The zero-order valence-electron chi connectivity index (χ0n) is 17.1. The highest BCUT2D eigenvalue weighted by atomic mass is 35.5. The molecular weight excluding hydrogens is 466 g/mol. The number of alkyl halides is 4. The molecule has 2 aromatic carbocycles. The summed E-state index contributed by atoms with van der Waals surface area (Å²) in [6.45, 7) is 6.62. The van der Waals surface area contributed by atoms with E-state index in [4.69, 9.17) is 11.6 Å². The lowest BCUT2D eigenvalue weighted by atomic mass is 10.1. The minimum atomic E-state index is -4.34. The van der Waals surface area contributed by atoms with Crippen molar-refractivity contribution in [1.82, 2.24) is 9.80 Å². The Labute approximate surface area is 196 Å². The van der Waals surface area contributed by atoms with E-state index in [0.717, 1.165) is 61.2 Å². The number of rotatable bonds is 6. The van der Waals surface area contributed by atoms with Crippen molar-refractivity contribution in [2.24, 2.45) is 0 Å². The van der Waals surface area contributed by atoms with Gasteiger partial charge in [-0.15, -0.1) is 24.0 Å². The molecular formula is C22H26Cl2F3N3S. The highest BCUT2D eigenvalue weighted by Crippen LogP contribution is 2.49. The van der Waals surface area contributed by atoms with Gasteiger partial charge in [-0.2, -0.15) is 13.2 Å². The fourth-order valence-electron chi connectivity index (χ4n) is 4.05. The summed E-state index contributed by atoms with van der Waals surface area (Å²) in [6, 6.07) is 12.0. The fourth-order valence-corrected chi connectivity index (χ4v) is 5.37. The Bertz CT molecular complexity index is 873. The zero-order chi connectivity index (χ0) is 21.1. The molecule has 0 unspecified atom stereocenters. The number of anilines is 2. The van der Waals surface area contributed by atoms with E-state index in [2.05, 4.69) is 14.7 Å². The second-order valence-corrected chi connectivity index (χ2v) is 9.09. The maximum Gasteiger partial charge on any atom is 0.416 e. The molecule has 3 nitrogen and oxygen atoms in total. The predicted molar refractivity (Wildman–Crippen MR) is 124 cm³/mol. The molecule has 170 valence electrons. The van der Waals surface area contributed by atoms with Crippen LogP contribution in [0.25, 0.3) is 0 Å². The quantitative estimate of drug-likeness (QED) is 0.459. The van der Waals surface area contributed by atoms with Crippen molar-refractivity contribution in [3.05, 3.63) is 48.0 Å². The highest BCUT2D eigenvalue weighted by molar-refractivity contribution is 7.99. The molecule has 31 heavy (non-hydrogen) atoms. The summed E-state index contributed by atoms with van der Waals surface area (Å²) in [7, 11) is 0. The molecule has 1 saturated heterocycles. The molecule has 0 saturated carbocycles. The molecule has 2 heterocycles. The SMILES string of the molecule is Cl.FC(F)(F)c1ccc2c(c1)N(CCCN1CCN(CCCl)CC1)c1ccccc1S2. The normalized spacial score (nSPS) is 17.1. The average molecular weight is 492 g/mol. The number of nitrogens with zero attached hydrogens (tertiary/aromatic N) is 3. The van der Waals surface area contributed by atoms with Crippen molar-refractivity contribution in [2.45, 2.75) is 22.4 Å². The Morgan fingerprint density at radius 1 is 0.839 bits per heavy atom. The van der Waals surface area contributed by atoms with Gasteiger partial charge < -0.3 is 9.80 Å². The van der Waals surface area contributed by atoms with Crippen molar-refractivity contribution in [1.29, 1.82) is 0 Å². The zero-order valence-corrected chi connectivity index (χ0v) is 19.5. The standard InChI is InChI=1S/C22H25ClF3N3S.ClH/c23-8-11-28-14-12-27(13-15-28)9-3-10-29-18-4-1-2-5-20(18)30-21-7-6-17(16-19(21)29)22(24,25)26;/h1-2,4-7,16H,3,8-15H2;1H. The first kappa shape index (κ1) is 24.5. The molecule has 9 heteroatoms. The molecule has 0 radical (unpaired) electrons. The third kappa shape index (κ3) is 5.82. The molecule has 0 spiro atoms. The van der Waals surface area contributed by atoms with Gasteiger partial charge >= 0.3 is 6.18 Å². The van der Waals surface area contributed by atoms with Gasteiger partial charge in [-0.25, -0.2) is 0 Å². The lowest BCUT2D eigenvalue weighted by molar-refractivity contribution is -0.137. The maximum atomic E-state index is 13.3. The molecule has 2 aromatic rings. The van der Waals surface area contributed by atoms with Crippen LogP contribution in [-0.2, 0) is 6.18 Å². The van der Waals surface area contributed by atoms with Crippen LogP contribution in [0.2, 0.25) is 0 Å². The van der Waals surface area contributed by atoms with Crippen molar-refractivity contribution in [2.75, 3.05) is 56.6 Å². The van der Waals surface area contributed by atoms with Crippen LogP contribution in [0.15, 0.2) is 52.3 Å². The van der Waals surface area contributed by atoms with Crippen molar-refractivity contribution < 1.29 is 13.2 Å². The van der Waals surface area contributed by atoms with Gasteiger partial charge in [-0.05, 0) is 43.3 Å². The Balaban J connectivity index is 0.00000272. The van der Waals surface area contributed by atoms with Crippen LogP contribution < -0.4 is 4.90 Å². The van der Waals surface area contributed by atoms with E-state index in [1.165, 1.54) is 23.9 Å². The molecule has 0 amide bonds. The second kappa shape index (κ2) is 10.7. The van der Waals surface area contributed by atoms with Gasteiger partial charge in [0.05, 0.1) is 16.9 Å². The maximum absolute atomic E-state index is 13.3. The average Bonchev–Trinajstić information content (AvgIpc) is 2.73. The molecule has 0 aromatic heterocycles. The molecule has 0 bridgehead atoms. The number of hydrogen-bond acceptors (Lipinski definition) is 4. The number of hydrogen-bond donors (Lipinski definition) is 0. The molecule has 2 aliphatic heterocycles. The third-order valence-electron chi connectivity index (χ3n) is 5.67. The van der Waals surface area contributed by atoms with Crippen LogP contribution in [0.5, 0.6) is 0 Å². The highest BCUT2D eigenvalue weighted by Gasteiger charge is 2.33. The van der Waals surface area contributed by atoms with Gasteiger partial charge in [0.25, 0.3) is 0 Å². The van der Waals surface area contributed by atoms with E-state index in [0.29, 0.717) is 18.1 Å². The van der Waals surface area contributed by atoms with Crippen LogP contribution in [0.1, 0.15) is 12.0 Å². The summed E-state index contributed by atoms with van der Waals surface area (Å²) in [6.07, 6.45) is -3.45. The molecule has 0 aliphatic carbocycles. The number of para-hydroxylation sites is 1. The first-order valence-electron chi connectivity index (χ1n) is 10.2. The Kier molecular flexibility index (Phi) is 8.44. The van der Waals surface area contributed by atoms with Gasteiger partial charge in [-0.3, -0.25) is 4.90 Å².